The number of amides is 1. The van der Waals surface area contributed by atoms with Gasteiger partial charge in [0.05, 0.1) is 6.10 Å². The predicted octanol–water partition coefficient (Wildman–Crippen LogP) is 2.60. The molecule has 1 saturated carbocycles. The van der Waals surface area contributed by atoms with E-state index in [1.165, 1.54) is 25.7 Å². The molecule has 4 unspecified atom stereocenters. The van der Waals surface area contributed by atoms with E-state index in [4.69, 9.17) is 10.5 Å². The number of carbonyl (C=O) groups excluding carboxylic acids is 1. The zero-order valence-electron chi connectivity index (χ0n) is 14.1. The summed E-state index contributed by atoms with van der Waals surface area (Å²) in [6.45, 7) is 9.15. The van der Waals surface area contributed by atoms with Gasteiger partial charge in [0.25, 0.3) is 0 Å². The molecule has 1 aliphatic carbocycles. The molecule has 1 saturated heterocycles. The van der Waals surface area contributed by atoms with Crippen molar-refractivity contribution in [3.8, 4) is 0 Å². The van der Waals surface area contributed by atoms with Crippen LogP contribution < -0.4 is 11.1 Å². The van der Waals surface area contributed by atoms with E-state index in [2.05, 4.69) is 33.0 Å². The lowest BCUT2D eigenvalue weighted by molar-refractivity contribution is -0.175. The highest BCUT2D eigenvalue weighted by molar-refractivity contribution is 5.89. The monoisotopic (exact) mass is 296 g/mol. The minimum Gasteiger partial charge on any atom is -0.377 e. The number of nitrogens with one attached hydrogen (secondary N) is 1. The van der Waals surface area contributed by atoms with E-state index in [1.807, 2.05) is 0 Å². The van der Waals surface area contributed by atoms with Gasteiger partial charge >= 0.3 is 0 Å². The van der Waals surface area contributed by atoms with Gasteiger partial charge in [-0.3, -0.25) is 4.79 Å². The van der Waals surface area contributed by atoms with Crippen molar-refractivity contribution >= 4 is 5.91 Å². The second-order valence-electron chi connectivity index (χ2n) is 7.50. The van der Waals surface area contributed by atoms with E-state index < -0.39 is 5.54 Å². The molecule has 1 amide bonds. The second kappa shape index (κ2) is 6.25. The first-order valence-electron chi connectivity index (χ1n) is 8.57. The molecular formula is C17H32N2O2. The molecule has 2 fully saturated rings. The number of ether oxygens (including phenoxy) is 1. The lowest BCUT2D eigenvalue weighted by atomic mass is 9.48. The molecule has 21 heavy (non-hydrogen) atoms. The van der Waals surface area contributed by atoms with Crippen LogP contribution in [0.3, 0.4) is 0 Å². The number of unbranched alkanes of at least 4 members (excludes halogenated alkanes) is 3. The summed E-state index contributed by atoms with van der Waals surface area (Å²) in [4.78, 5) is 12.7. The molecular weight excluding hydrogens is 264 g/mol. The van der Waals surface area contributed by atoms with E-state index >= 15 is 0 Å². The summed E-state index contributed by atoms with van der Waals surface area (Å²) in [5.41, 5.74) is 5.49. The summed E-state index contributed by atoms with van der Waals surface area (Å²) in [6, 6.07) is 0.201. The van der Waals surface area contributed by atoms with Crippen LogP contribution in [0, 0.1) is 11.3 Å². The molecule has 2 rings (SSSR count). The molecule has 0 spiro atoms. The Morgan fingerprint density at radius 3 is 2.76 bits per heavy atom. The van der Waals surface area contributed by atoms with Gasteiger partial charge in [0.1, 0.15) is 5.54 Å². The van der Waals surface area contributed by atoms with E-state index in [0.29, 0.717) is 0 Å². The number of nitrogens with two attached hydrogens (primary N) is 1. The lowest BCUT2D eigenvalue weighted by Gasteiger charge is -2.60. The highest BCUT2D eigenvalue weighted by Crippen LogP contribution is 2.58. The SMILES string of the molecule is CCCCCCC(C)NC(=O)C1(N)C2CCOC2C1(C)C. The van der Waals surface area contributed by atoms with Gasteiger partial charge in [-0.05, 0) is 19.8 Å². The Bertz CT molecular complexity index is 383. The van der Waals surface area contributed by atoms with Gasteiger partial charge in [0.15, 0.2) is 0 Å². The molecule has 0 aromatic rings. The smallest absolute Gasteiger partial charge is 0.241 e. The summed E-state index contributed by atoms with van der Waals surface area (Å²) in [7, 11) is 0. The first kappa shape index (κ1) is 16.8. The minimum absolute atomic E-state index is 0.0160. The largest absolute Gasteiger partial charge is 0.377 e. The van der Waals surface area contributed by atoms with E-state index in [-0.39, 0.29) is 29.4 Å². The van der Waals surface area contributed by atoms with Gasteiger partial charge < -0.3 is 15.8 Å². The van der Waals surface area contributed by atoms with Crippen molar-refractivity contribution < 1.29 is 9.53 Å². The quantitative estimate of drug-likeness (QED) is 0.710. The third-order valence-corrected chi connectivity index (χ3v) is 5.70. The molecule has 0 radical (unpaired) electrons. The normalized spacial score (nSPS) is 34.9. The third-order valence-electron chi connectivity index (χ3n) is 5.70. The number of rotatable bonds is 7. The van der Waals surface area contributed by atoms with Gasteiger partial charge in [-0.25, -0.2) is 0 Å². The fraction of sp³-hybridized carbons (Fsp3) is 0.941. The molecule has 0 aromatic carbocycles. The standard InChI is InChI=1S/C17H32N2O2/c1-5-6-7-8-9-12(2)19-15(20)17(18)13-10-11-21-14(13)16(17,3)4/h12-14H,5-11,18H2,1-4H3,(H,19,20). The zero-order chi connectivity index (χ0) is 15.7. The van der Waals surface area contributed by atoms with Crippen LogP contribution >= 0.6 is 0 Å². The lowest BCUT2D eigenvalue weighted by Crippen LogP contribution is -2.80. The first-order chi connectivity index (χ1) is 9.85. The van der Waals surface area contributed by atoms with E-state index in [1.54, 1.807) is 0 Å². The topological polar surface area (TPSA) is 64.4 Å². The van der Waals surface area contributed by atoms with Crippen LogP contribution in [0.2, 0.25) is 0 Å². The maximum atomic E-state index is 12.7. The molecule has 2 aliphatic rings. The summed E-state index contributed by atoms with van der Waals surface area (Å²) < 4.78 is 5.75. The summed E-state index contributed by atoms with van der Waals surface area (Å²) in [6.07, 6.45) is 7.02. The molecule has 3 N–H and O–H groups in total. The van der Waals surface area contributed by atoms with Gasteiger partial charge in [0.2, 0.25) is 5.91 Å². The summed E-state index contributed by atoms with van der Waals surface area (Å²) in [5, 5.41) is 3.15. The minimum atomic E-state index is -0.772. The number of hydrogen-bond acceptors (Lipinski definition) is 3. The second-order valence-corrected chi connectivity index (χ2v) is 7.50. The molecule has 4 atom stereocenters. The summed E-state index contributed by atoms with van der Waals surface area (Å²) in [5.74, 6) is 0.196. The molecule has 4 heteroatoms. The average Bonchev–Trinajstić information content (AvgIpc) is 2.90. The van der Waals surface area contributed by atoms with Crippen molar-refractivity contribution in [1.29, 1.82) is 0 Å². The van der Waals surface area contributed by atoms with Crippen LogP contribution in [0.25, 0.3) is 0 Å². The molecule has 1 aliphatic heterocycles. The van der Waals surface area contributed by atoms with Crippen molar-refractivity contribution in [2.45, 2.75) is 83.9 Å². The Labute approximate surface area is 129 Å². The fourth-order valence-corrected chi connectivity index (χ4v) is 4.14. The number of fused-ring (bicyclic) bond motifs is 1. The zero-order valence-corrected chi connectivity index (χ0v) is 14.1. The van der Waals surface area contributed by atoms with Gasteiger partial charge in [-0.15, -0.1) is 0 Å². The fourth-order valence-electron chi connectivity index (χ4n) is 4.14. The van der Waals surface area contributed by atoms with Crippen LogP contribution in [0.5, 0.6) is 0 Å². The highest BCUT2D eigenvalue weighted by atomic mass is 16.5. The third kappa shape index (κ3) is 2.72. The predicted molar refractivity (Wildman–Crippen MR) is 84.9 cm³/mol. The average molecular weight is 296 g/mol. The Morgan fingerprint density at radius 1 is 1.38 bits per heavy atom. The Kier molecular flexibility index (Phi) is 4.99. The molecule has 0 bridgehead atoms. The van der Waals surface area contributed by atoms with Crippen molar-refractivity contribution in [3.63, 3.8) is 0 Å². The van der Waals surface area contributed by atoms with E-state index in [0.717, 1.165) is 19.4 Å². The van der Waals surface area contributed by atoms with Gasteiger partial charge in [-0.2, -0.15) is 0 Å². The van der Waals surface area contributed by atoms with Crippen LogP contribution in [0.4, 0.5) is 0 Å². The molecule has 122 valence electrons. The molecule has 4 nitrogen and oxygen atoms in total. The Morgan fingerprint density at radius 2 is 2.10 bits per heavy atom. The van der Waals surface area contributed by atoms with Crippen molar-refractivity contribution in [1.82, 2.24) is 5.32 Å². The molecule has 1 heterocycles. The van der Waals surface area contributed by atoms with Crippen LogP contribution in [-0.2, 0) is 9.53 Å². The van der Waals surface area contributed by atoms with E-state index in [9.17, 15) is 4.79 Å². The molecule has 0 aromatic heterocycles. The van der Waals surface area contributed by atoms with Gasteiger partial charge in [-0.1, -0.05) is 46.5 Å². The number of hydrogen-bond donors (Lipinski definition) is 2. The maximum Gasteiger partial charge on any atom is 0.241 e. The van der Waals surface area contributed by atoms with Crippen LogP contribution in [0.15, 0.2) is 0 Å². The maximum absolute atomic E-state index is 12.7. The van der Waals surface area contributed by atoms with Crippen LogP contribution in [0.1, 0.15) is 66.2 Å². The summed E-state index contributed by atoms with van der Waals surface area (Å²) >= 11 is 0. The first-order valence-corrected chi connectivity index (χ1v) is 8.57. The van der Waals surface area contributed by atoms with Crippen molar-refractivity contribution in [2.24, 2.45) is 17.1 Å². The highest BCUT2D eigenvalue weighted by Gasteiger charge is 2.71. The van der Waals surface area contributed by atoms with Crippen LogP contribution in [-0.4, -0.2) is 30.2 Å². The van der Waals surface area contributed by atoms with Crippen molar-refractivity contribution in [2.75, 3.05) is 6.61 Å². The number of carbonyl (C=O) groups is 1. The van der Waals surface area contributed by atoms with Crippen molar-refractivity contribution in [3.05, 3.63) is 0 Å². The Hall–Kier alpha value is -0.610. The van der Waals surface area contributed by atoms with Gasteiger partial charge in [0, 0.05) is 24.0 Å². The Balaban J connectivity index is 1.88.